The Hall–Kier alpha value is -3.31. The Morgan fingerprint density at radius 1 is 1.26 bits per heavy atom. The number of hydrogen-bond donors (Lipinski definition) is 1. The largest absolute Gasteiger partial charge is 0.322 e. The van der Waals surface area contributed by atoms with Crippen LogP contribution in [0, 0.1) is 13.8 Å². The number of benzene rings is 1. The van der Waals surface area contributed by atoms with E-state index in [9.17, 15) is 4.79 Å². The van der Waals surface area contributed by atoms with E-state index < -0.39 is 0 Å². The number of carbonyl (C=O) groups excluding carboxylic acids is 1. The molecule has 0 aliphatic heterocycles. The van der Waals surface area contributed by atoms with E-state index in [1.54, 1.807) is 30.3 Å². The highest BCUT2D eigenvalue weighted by Crippen LogP contribution is 2.19. The number of carbonyl (C=O) groups is 1. The molecule has 1 aromatic carbocycles. The minimum Gasteiger partial charge on any atom is -0.322 e. The van der Waals surface area contributed by atoms with Crippen molar-refractivity contribution in [1.29, 1.82) is 0 Å². The molecular weight excluding hydrogens is 292 g/mol. The predicted molar refractivity (Wildman–Crippen MR) is 87.9 cm³/mol. The monoisotopic (exact) mass is 306 g/mol. The van der Waals surface area contributed by atoms with Crippen molar-refractivity contribution in [3.05, 3.63) is 70.0 Å². The molecule has 7 heteroatoms. The second-order valence-electron chi connectivity index (χ2n) is 5.15. The molecular formula is C16H14N6O. The van der Waals surface area contributed by atoms with Crippen molar-refractivity contribution in [3.8, 4) is 0 Å². The van der Waals surface area contributed by atoms with E-state index in [4.69, 9.17) is 5.53 Å². The average Bonchev–Trinajstić information content (AvgIpc) is 2.93. The summed E-state index contributed by atoms with van der Waals surface area (Å²) >= 11 is 0. The lowest BCUT2D eigenvalue weighted by molar-refractivity contribution is 0.102. The Balaban J connectivity index is 1.90. The van der Waals surface area contributed by atoms with Gasteiger partial charge in [-0.25, -0.2) is 4.98 Å². The van der Waals surface area contributed by atoms with E-state index in [-0.39, 0.29) is 5.91 Å². The number of nitrogens with one attached hydrogen (secondary N) is 1. The summed E-state index contributed by atoms with van der Waals surface area (Å²) in [6, 6.07) is 10.4. The molecule has 23 heavy (non-hydrogen) atoms. The molecule has 2 heterocycles. The van der Waals surface area contributed by atoms with E-state index in [0.717, 1.165) is 11.4 Å². The van der Waals surface area contributed by atoms with Crippen LogP contribution in [-0.4, -0.2) is 15.3 Å². The molecule has 0 saturated heterocycles. The first-order valence-corrected chi connectivity index (χ1v) is 7.00. The van der Waals surface area contributed by atoms with Gasteiger partial charge in [0.1, 0.15) is 5.65 Å². The second-order valence-corrected chi connectivity index (χ2v) is 5.15. The number of aromatic nitrogens is 2. The van der Waals surface area contributed by atoms with E-state index in [1.165, 1.54) is 0 Å². The van der Waals surface area contributed by atoms with Gasteiger partial charge in [0.2, 0.25) is 0 Å². The summed E-state index contributed by atoms with van der Waals surface area (Å²) in [5.74, 6) is -0.235. The van der Waals surface area contributed by atoms with Gasteiger partial charge in [-0.2, -0.15) is 0 Å². The van der Waals surface area contributed by atoms with Crippen molar-refractivity contribution in [2.24, 2.45) is 5.11 Å². The number of azide groups is 1. The molecule has 0 bridgehead atoms. The van der Waals surface area contributed by atoms with Gasteiger partial charge in [-0.3, -0.25) is 4.79 Å². The maximum Gasteiger partial charge on any atom is 0.259 e. The molecule has 1 amide bonds. The average molecular weight is 306 g/mol. The highest BCUT2D eigenvalue weighted by atomic mass is 16.1. The third kappa shape index (κ3) is 2.86. The number of aryl methyl sites for hydroxylation is 2. The minimum absolute atomic E-state index is 0.235. The molecule has 2 aromatic heterocycles. The second kappa shape index (κ2) is 5.82. The van der Waals surface area contributed by atoms with Crippen LogP contribution >= 0.6 is 0 Å². The number of amides is 1. The third-order valence-electron chi connectivity index (χ3n) is 3.47. The lowest BCUT2D eigenvalue weighted by Gasteiger charge is -2.06. The van der Waals surface area contributed by atoms with Crippen LogP contribution in [0.2, 0.25) is 0 Å². The maximum absolute atomic E-state index is 12.5. The Bertz CT molecular complexity index is 935. The summed E-state index contributed by atoms with van der Waals surface area (Å²) < 4.78 is 1.88. The highest BCUT2D eigenvalue weighted by molar-refractivity contribution is 6.08. The zero-order valence-corrected chi connectivity index (χ0v) is 12.7. The summed E-state index contributed by atoms with van der Waals surface area (Å²) in [7, 11) is 0. The van der Waals surface area contributed by atoms with Crippen molar-refractivity contribution in [1.82, 2.24) is 9.38 Å². The fourth-order valence-electron chi connectivity index (χ4n) is 2.43. The van der Waals surface area contributed by atoms with Crippen LogP contribution < -0.4 is 5.32 Å². The summed E-state index contributed by atoms with van der Waals surface area (Å²) in [6.07, 6.45) is 1.83. The van der Waals surface area contributed by atoms with Crippen molar-refractivity contribution in [3.63, 3.8) is 0 Å². The van der Waals surface area contributed by atoms with E-state index in [0.29, 0.717) is 22.6 Å². The van der Waals surface area contributed by atoms with Gasteiger partial charge in [-0.15, -0.1) is 0 Å². The quantitative estimate of drug-likeness (QED) is 0.447. The van der Waals surface area contributed by atoms with Gasteiger partial charge < -0.3 is 9.72 Å². The molecule has 1 N–H and O–H groups in total. The van der Waals surface area contributed by atoms with Crippen molar-refractivity contribution in [2.45, 2.75) is 13.8 Å². The molecule has 0 fully saturated rings. The SMILES string of the molecule is Cc1cc(C)n2ccc(C(=O)Nc3ccc(N=[N+]=[N-])cc3)c2n1. The fraction of sp³-hybridized carbons (Fsp3) is 0.125. The normalized spacial score (nSPS) is 10.3. The van der Waals surface area contributed by atoms with Crippen LogP contribution in [0.15, 0.2) is 47.7 Å². The number of hydrogen-bond acceptors (Lipinski definition) is 3. The van der Waals surface area contributed by atoms with Gasteiger partial charge in [0.25, 0.3) is 5.91 Å². The predicted octanol–water partition coefficient (Wildman–Crippen LogP) is 4.15. The first kappa shape index (κ1) is 14.6. The Morgan fingerprint density at radius 3 is 2.70 bits per heavy atom. The summed E-state index contributed by atoms with van der Waals surface area (Å²) in [6.45, 7) is 3.87. The molecule has 0 atom stereocenters. The van der Waals surface area contributed by atoms with Gasteiger partial charge >= 0.3 is 0 Å². The molecule has 3 rings (SSSR count). The van der Waals surface area contributed by atoms with E-state index >= 15 is 0 Å². The topological polar surface area (TPSA) is 95.2 Å². The number of fused-ring (bicyclic) bond motifs is 1. The van der Waals surface area contributed by atoms with E-state index in [1.807, 2.05) is 30.5 Å². The van der Waals surface area contributed by atoms with Crippen LogP contribution in [0.3, 0.4) is 0 Å². The molecule has 0 radical (unpaired) electrons. The van der Waals surface area contributed by atoms with Crippen LogP contribution in [0.25, 0.3) is 16.1 Å². The molecule has 0 spiro atoms. The molecule has 0 aliphatic carbocycles. The zero-order chi connectivity index (χ0) is 16.4. The maximum atomic E-state index is 12.5. The molecule has 114 valence electrons. The van der Waals surface area contributed by atoms with Crippen LogP contribution in [0.4, 0.5) is 11.4 Å². The molecule has 7 nitrogen and oxygen atoms in total. The minimum atomic E-state index is -0.235. The summed E-state index contributed by atoms with van der Waals surface area (Å²) in [4.78, 5) is 19.6. The van der Waals surface area contributed by atoms with Crippen molar-refractivity contribution < 1.29 is 4.79 Å². The van der Waals surface area contributed by atoms with Gasteiger partial charge in [0, 0.05) is 33.9 Å². The fourth-order valence-corrected chi connectivity index (χ4v) is 2.43. The number of rotatable bonds is 3. The van der Waals surface area contributed by atoms with Gasteiger partial charge in [0.15, 0.2) is 0 Å². The van der Waals surface area contributed by atoms with Gasteiger partial charge in [0.05, 0.1) is 5.56 Å². The summed E-state index contributed by atoms with van der Waals surface area (Å²) in [5, 5.41) is 6.31. The molecule has 0 unspecified atom stereocenters. The first-order valence-electron chi connectivity index (χ1n) is 7.00. The lowest BCUT2D eigenvalue weighted by Crippen LogP contribution is -2.12. The Kier molecular flexibility index (Phi) is 3.70. The Morgan fingerprint density at radius 2 is 2.00 bits per heavy atom. The van der Waals surface area contributed by atoms with Crippen LogP contribution in [0.1, 0.15) is 21.7 Å². The van der Waals surface area contributed by atoms with Gasteiger partial charge in [-0.05, 0) is 43.6 Å². The van der Waals surface area contributed by atoms with Gasteiger partial charge in [-0.1, -0.05) is 17.2 Å². The van der Waals surface area contributed by atoms with Crippen molar-refractivity contribution in [2.75, 3.05) is 5.32 Å². The van der Waals surface area contributed by atoms with Crippen molar-refractivity contribution >= 4 is 22.9 Å². The molecule has 0 aliphatic rings. The standard InChI is InChI=1S/C16H14N6O/c1-10-9-11(2)22-8-7-14(15(22)18-10)16(23)19-12-3-5-13(6-4-12)20-21-17/h3-9H,1-2H3,(H,19,23). The first-order chi connectivity index (χ1) is 11.1. The number of nitrogens with zero attached hydrogens (tertiary/aromatic N) is 5. The highest BCUT2D eigenvalue weighted by Gasteiger charge is 2.14. The third-order valence-corrected chi connectivity index (χ3v) is 3.47. The van der Waals surface area contributed by atoms with Crippen LogP contribution in [-0.2, 0) is 0 Å². The zero-order valence-electron chi connectivity index (χ0n) is 12.7. The number of anilines is 1. The lowest BCUT2D eigenvalue weighted by atomic mass is 10.2. The molecule has 3 aromatic rings. The smallest absolute Gasteiger partial charge is 0.259 e. The van der Waals surface area contributed by atoms with E-state index in [2.05, 4.69) is 20.3 Å². The van der Waals surface area contributed by atoms with Crippen LogP contribution in [0.5, 0.6) is 0 Å². The molecule has 0 saturated carbocycles. The Labute approximate surface area is 132 Å². The summed E-state index contributed by atoms with van der Waals surface area (Å²) in [5.41, 5.74) is 12.5.